The minimum Gasteiger partial charge on any atom is -0.342 e. The normalized spacial score (nSPS) is 18.1. The van der Waals surface area contributed by atoms with Crippen LogP contribution in [0.4, 0.5) is 0 Å². The Morgan fingerprint density at radius 1 is 1.36 bits per heavy atom. The molecular formula is C15H24N4O2S. The molecule has 0 radical (unpaired) electrons. The van der Waals surface area contributed by atoms with E-state index in [1.165, 1.54) is 0 Å². The Morgan fingerprint density at radius 2 is 2.00 bits per heavy atom. The molecule has 0 aliphatic carbocycles. The van der Waals surface area contributed by atoms with Crippen molar-refractivity contribution < 1.29 is 9.59 Å². The summed E-state index contributed by atoms with van der Waals surface area (Å²) in [5.74, 6) is 1.12. The maximum atomic E-state index is 12.9. The van der Waals surface area contributed by atoms with E-state index >= 15 is 0 Å². The number of thioether (sulfide) groups is 1. The van der Waals surface area contributed by atoms with Crippen LogP contribution >= 0.6 is 11.8 Å². The largest absolute Gasteiger partial charge is 0.342 e. The molecule has 1 aliphatic heterocycles. The minimum atomic E-state index is -0.385. The Bertz CT molecular complexity index is 597. The molecule has 0 aromatic carbocycles. The average Bonchev–Trinajstić information content (AvgIpc) is 3.02. The van der Waals surface area contributed by atoms with Gasteiger partial charge in [-0.3, -0.25) is 14.3 Å². The van der Waals surface area contributed by atoms with Crippen LogP contribution in [0.25, 0.3) is 0 Å². The number of aryl methyl sites for hydroxylation is 2. The first-order chi connectivity index (χ1) is 10.3. The van der Waals surface area contributed by atoms with E-state index < -0.39 is 0 Å². The van der Waals surface area contributed by atoms with Crippen LogP contribution in [0.5, 0.6) is 0 Å². The second-order valence-electron chi connectivity index (χ2n) is 6.00. The molecule has 1 aromatic rings. The van der Waals surface area contributed by atoms with Crippen LogP contribution in [0.1, 0.15) is 35.6 Å². The van der Waals surface area contributed by atoms with Gasteiger partial charge in [0.25, 0.3) is 5.91 Å². The number of rotatable bonds is 3. The first kappa shape index (κ1) is 16.9. The molecule has 1 fully saturated rings. The predicted molar refractivity (Wildman–Crippen MR) is 87.9 cm³/mol. The molecule has 1 saturated heterocycles. The van der Waals surface area contributed by atoms with E-state index in [-0.39, 0.29) is 23.9 Å². The highest BCUT2D eigenvalue weighted by Gasteiger charge is 2.38. The van der Waals surface area contributed by atoms with Crippen molar-refractivity contribution in [2.24, 2.45) is 7.05 Å². The van der Waals surface area contributed by atoms with E-state index in [1.807, 2.05) is 34.7 Å². The number of hydrogen-bond donors (Lipinski definition) is 0. The molecule has 0 N–H and O–H groups in total. The van der Waals surface area contributed by atoms with Gasteiger partial charge in [0.2, 0.25) is 5.91 Å². The fourth-order valence-electron chi connectivity index (χ4n) is 2.56. The first-order valence-corrected chi connectivity index (χ1v) is 8.56. The lowest BCUT2D eigenvalue weighted by Crippen LogP contribution is -2.49. The van der Waals surface area contributed by atoms with Gasteiger partial charge in [0.15, 0.2) is 0 Å². The van der Waals surface area contributed by atoms with Crippen molar-refractivity contribution in [2.75, 3.05) is 18.7 Å². The van der Waals surface area contributed by atoms with Crippen LogP contribution < -0.4 is 0 Å². The zero-order chi connectivity index (χ0) is 16.6. The van der Waals surface area contributed by atoms with Gasteiger partial charge >= 0.3 is 0 Å². The monoisotopic (exact) mass is 324 g/mol. The zero-order valence-electron chi connectivity index (χ0n) is 14.1. The fraction of sp³-hybridized carbons (Fsp3) is 0.667. The topological polar surface area (TPSA) is 58.4 Å². The van der Waals surface area contributed by atoms with Gasteiger partial charge < -0.3 is 9.80 Å². The maximum absolute atomic E-state index is 12.9. The number of carbonyl (C=O) groups is 2. The summed E-state index contributed by atoms with van der Waals surface area (Å²) in [5.41, 5.74) is 2.17. The molecule has 1 aromatic heterocycles. The molecule has 1 aliphatic rings. The van der Waals surface area contributed by atoms with Crippen LogP contribution in [-0.4, -0.2) is 62.2 Å². The molecule has 1 atom stereocenters. The van der Waals surface area contributed by atoms with Crippen LogP contribution in [0.3, 0.4) is 0 Å². The Hall–Kier alpha value is -1.50. The van der Waals surface area contributed by atoms with E-state index in [0.717, 1.165) is 5.69 Å². The molecule has 0 bridgehead atoms. The maximum Gasteiger partial charge on any atom is 0.258 e. The van der Waals surface area contributed by atoms with Crippen molar-refractivity contribution in [1.82, 2.24) is 19.6 Å². The molecule has 1 unspecified atom stereocenters. The summed E-state index contributed by atoms with van der Waals surface area (Å²) in [6.07, 6.45) is 0. The molecule has 2 rings (SSSR count). The molecule has 7 heteroatoms. The Kier molecular flexibility index (Phi) is 4.84. The molecular weight excluding hydrogens is 300 g/mol. The minimum absolute atomic E-state index is 0.00699. The third kappa shape index (κ3) is 2.86. The highest BCUT2D eigenvalue weighted by Crippen LogP contribution is 2.26. The third-order valence-electron chi connectivity index (χ3n) is 4.27. The Labute approximate surface area is 135 Å². The van der Waals surface area contributed by atoms with Gasteiger partial charge in [-0.15, -0.1) is 11.8 Å². The quantitative estimate of drug-likeness (QED) is 0.844. The van der Waals surface area contributed by atoms with Crippen molar-refractivity contribution in [2.45, 2.75) is 39.8 Å². The van der Waals surface area contributed by atoms with Crippen molar-refractivity contribution >= 4 is 23.6 Å². The van der Waals surface area contributed by atoms with Crippen molar-refractivity contribution in [3.8, 4) is 0 Å². The number of nitrogens with zero attached hydrogens (tertiary/aromatic N) is 4. The molecule has 0 spiro atoms. The van der Waals surface area contributed by atoms with E-state index in [9.17, 15) is 9.59 Å². The van der Waals surface area contributed by atoms with Gasteiger partial charge in [0.05, 0.1) is 17.1 Å². The van der Waals surface area contributed by atoms with Crippen molar-refractivity contribution in [3.05, 3.63) is 17.0 Å². The lowest BCUT2D eigenvalue weighted by molar-refractivity contribution is -0.135. The van der Waals surface area contributed by atoms with Gasteiger partial charge in [-0.25, -0.2) is 0 Å². The molecule has 6 nitrogen and oxygen atoms in total. The second-order valence-corrected chi connectivity index (χ2v) is 7.00. The average molecular weight is 324 g/mol. The number of likely N-dealkylation sites (N-methyl/N-ethyl adjacent to an activating group) is 1. The number of hydrogen-bond acceptors (Lipinski definition) is 4. The summed E-state index contributed by atoms with van der Waals surface area (Å²) in [5, 5.41) is 4.30. The Balaban J connectivity index is 2.27. The van der Waals surface area contributed by atoms with E-state index in [2.05, 4.69) is 5.10 Å². The molecule has 22 heavy (non-hydrogen) atoms. The smallest absolute Gasteiger partial charge is 0.258 e. The molecule has 122 valence electrons. The van der Waals surface area contributed by atoms with Crippen LogP contribution in [0.15, 0.2) is 0 Å². The summed E-state index contributed by atoms with van der Waals surface area (Å²) in [6, 6.07) is -0.263. The zero-order valence-corrected chi connectivity index (χ0v) is 14.9. The summed E-state index contributed by atoms with van der Waals surface area (Å²) in [7, 11) is 3.62. The van der Waals surface area contributed by atoms with E-state index in [1.54, 1.807) is 33.3 Å². The van der Waals surface area contributed by atoms with E-state index in [0.29, 0.717) is 22.9 Å². The van der Waals surface area contributed by atoms with Gasteiger partial charge in [-0.1, -0.05) is 0 Å². The summed E-state index contributed by atoms with van der Waals surface area (Å²) in [6.45, 7) is 7.66. The predicted octanol–water partition coefficient (Wildman–Crippen LogP) is 1.42. The third-order valence-corrected chi connectivity index (χ3v) is 5.29. The number of carbonyl (C=O) groups excluding carboxylic acids is 2. The van der Waals surface area contributed by atoms with Crippen molar-refractivity contribution in [3.63, 3.8) is 0 Å². The van der Waals surface area contributed by atoms with Gasteiger partial charge in [0.1, 0.15) is 6.04 Å². The summed E-state index contributed by atoms with van der Waals surface area (Å²) >= 11 is 1.62. The number of aromatic nitrogens is 2. The fourth-order valence-corrected chi connectivity index (χ4v) is 3.71. The van der Waals surface area contributed by atoms with Gasteiger partial charge in [-0.2, -0.15) is 5.10 Å². The standard InChI is InChI=1S/C15H24N4O2S/c1-9(2)17(5)14(20)12-7-22-8-19(12)15(21)13-10(3)16-18(6)11(13)4/h9,12H,7-8H2,1-6H3. The Morgan fingerprint density at radius 3 is 2.50 bits per heavy atom. The molecule has 0 saturated carbocycles. The van der Waals surface area contributed by atoms with Crippen LogP contribution in [-0.2, 0) is 11.8 Å². The summed E-state index contributed by atoms with van der Waals surface area (Å²) < 4.78 is 1.71. The first-order valence-electron chi connectivity index (χ1n) is 7.41. The molecule has 2 heterocycles. The van der Waals surface area contributed by atoms with Gasteiger partial charge in [-0.05, 0) is 27.7 Å². The lowest BCUT2D eigenvalue weighted by Gasteiger charge is -2.29. The van der Waals surface area contributed by atoms with Crippen LogP contribution in [0, 0.1) is 13.8 Å². The van der Waals surface area contributed by atoms with Crippen molar-refractivity contribution in [1.29, 1.82) is 0 Å². The number of amides is 2. The van der Waals surface area contributed by atoms with E-state index in [4.69, 9.17) is 0 Å². The highest BCUT2D eigenvalue weighted by atomic mass is 32.2. The lowest BCUT2D eigenvalue weighted by atomic mass is 10.1. The second kappa shape index (κ2) is 6.32. The van der Waals surface area contributed by atoms with Gasteiger partial charge in [0, 0.05) is 31.6 Å². The SMILES string of the molecule is Cc1nn(C)c(C)c1C(=O)N1CSCC1C(=O)N(C)C(C)C. The molecule has 2 amide bonds. The summed E-state index contributed by atoms with van der Waals surface area (Å²) in [4.78, 5) is 28.9. The highest BCUT2D eigenvalue weighted by molar-refractivity contribution is 7.99. The van der Waals surface area contributed by atoms with Crippen LogP contribution in [0.2, 0.25) is 0 Å².